The van der Waals surface area contributed by atoms with Crippen molar-refractivity contribution in [2.75, 3.05) is 12.3 Å². The number of nitrogen functional groups attached to an aromatic ring is 1. The molecule has 2 aromatic heterocycles. The number of aliphatic hydroxyl groups excluding tert-OH is 2. The summed E-state index contributed by atoms with van der Waals surface area (Å²) in [6, 6.07) is 3.02. The number of fused-ring (bicyclic) bond motifs is 1. The molecule has 33 heavy (non-hydrogen) atoms. The zero-order chi connectivity index (χ0) is 25.0. The Balaban J connectivity index is 2.08. The molecule has 0 saturated heterocycles. The highest BCUT2D eigenvalue weighted by Gasteiger charge is 2.36. The lowest BCUT2D eigenvalue weighted by molar-refractivity contribution is -0.158. The van der Waals surface area contributed by atoms with Gasteiger partial charge in [-0.1, -0.05) is 0 Å². The maximum atomic E-state index is 12.5. The Labute approximate surface area is 190 Å². The van der Waals surface area contributed by atoms with E-state index < -0.39 is 48.1 Å². The fourth-order valence-electron chi connectivity index (χ4n) is 2.79. The summed E-state index contributed by atoms with van der Waals surface area (Å²) in [7, 11) is 0. The summed E-state index contributed by atoms with van der Waals surface area (Å²) in [5, 5.41) is 36.5. The molecule has 0 aromatic carbocycles. The van der Waals surface area contributed by atoms with E-state index in [1.807, 2.05) is 0 Å². The number of alkyl carbamates (subject to hydrolysis) is 1. The Morgan fingerprint density at radius 3 is 2.55 bits per heavy atom. The van der Waals surface area contributed by atoms with Crippen LogP contribution in [0.15, 0.2) is 18.5 Å². The van der Waals surface area contributed by atoms with E-state index in [4.69, 9.17) is 25.2 Å². The molecule has 3 atom stereocenters. The summed E-state index contributed by atoms with van der Waals surface area (Å²) in [4.78, 5) is 28.3. The molecule has 2 rings (SSSR count). The zero-order valence-electron chi connectivity index (χ0n) is 19.0. The number of carbonyl (C=O) groups excluding carboxylic acids is 2. The Morgan fingerprint density at radius 1 is 1.27 bits per heavy atom. The number of nitrogens with two attached hydrogens (primary N) is 1. The van der Waals surface area contributed by atoms with Crippen molar-refractivity contribution in [3.05, 3.63) is 24.2 Å². The summed E-state index contributed by atoms with van der Waals surface area (Å²) in [5.74, 6) is -0.716. The van der Waals surface area contributed by atoms with Crippen molar-refractivity contribution < 1.29 is 34.0 Å². The van der Waals surface area contributed by atoms with Crippen LogP contribution in [0.1, 0.15) is 46.4 Å². The minimum absolute atomic E-state index is 0.149. The summed E-state index contributed by atoms with van der Waals surface area (Å²) in [6.45, 7) is 7.20. The van der Waals surface area contributed by atoms with Crippen LogP contribution >= 0.6 is 0 Å². The molecule has 0 aliphatic heterocycles. The lowest BCUT2D eigenvalue weighted by atomic mass is 10.0. The fourth-order valence-corrected chi connectivity index (χ4v) is 2.79. The molecule has 0 bridgehead atoms. The first kappa shape index (κ1) is 25.6. The second-order valence-corrected chi connectivity index (χ2v) is 8.73. The zero-order valence-corrected chi connectivity index (χ0v) is 19.0. The predicted molar refractivity (Wildman–Crippen MR) is 113 cm³/mol. The van der Waals surface area contributed by atoms with E-state index in [2.05, 4.69) is 15.4 Å². The Kier molecular flexibility index (Phi) is 7.68. The molecular weight excluding hydrogens is 436 g/mol. The summed E-state index contributed by atoms with van der Waals surface area (Å²) in [5.41, 5.74) is 4.05. The highest BCUT2D eigenvalue weighted by molar-refractivity contribution is 5.85. The molecule has 0 aliphatic carbocycles. The van der Waals surface area contributed by atoms with Crippen LogP contribution in [0, 0.1) is 11.5 Å². The molecule has 1 amide bonds. The van der Waals surface area contributed by atoms with Gasteiger partial charge < -0.3 is 35.5 Å². The molecule has 13 heteroatoms. The van der Waals surface area contributed by atoms with Crippen LogP contribution in [0.2, 0.25) is 0 Å². The van der Waals surface area contributed by atoms with E-state index >= 15 is 0 Å². The lowest BCUT2D eigenvalue weighted by Gasteiger charge is -2.28. The molecular formula is C20H28N6O7. The van der Waals surface area contributed by atoms with Gasteiger partial charge in [-0.25, -0.2) is 19.1 Å². The minimum Gasteiger partial charge on any atom is -0.460 e. The average Bonchev–Trinajstić information content (AvgIpc) is 3.13. The van der Waals surface area contributed by atoms with Crippen LogP contribution in [0.4, 0.5) is 10.6 Å². The highest BCUT2D eigenvalue weighted by atomic mass is 16.6. The number of nitrogens with one attached hydrogen (secondary N) is 1. The van der Waals surface area contributed by atoms with Crippen molar-refractivity contribution in [2.45, 2.75) is 64.1 Å². The van der Waals surface area contributed by atoms with Crippen LogP contribution in [-0.2, 0) is 19.0 Å². The van der Waals surface area contributed by atoms with Gasteiger partial charge in [0.15, 0.2) is 11.9 Å². The van der Waals surface area contributed by atoms with Gasteiger partial charge in [-0.15, -0.1) is 0 Å². The molecule has 13 nitrogen and oxygen atoms in total. The number of amides is 1. The molecule has 0 fully saturated rings. The summed E-state index contributed by atoms with van der Waals surface area (Å²) in [6.07, 6.45) is -2.92. The monoisotopic (exact) mass is 464 g/mol. The number of ether oxygens (including phenoxy) is 3. The van der Waals surface area contributed by atoms with Crippen LogP contribution in [0.25, 0.3) is 5.52 Å². The number of rotatable bonds is 8. The molecule has 0 spiro atoms. The van der Waals surface area contributed by atoms with Gasteiger partial charge >= 0.3 is 12.1 Å². The van der Waals surface area contributed by atoms with Gasteiger partial charge in [0.1, 0.15) is 41.8 Å². The van der Waals surface area contributed by atoms with Crippen LogP contribution in [0.3, 0.4) is 0 Å². The SMILES string of the molecule is CC(C)(C)OC(=O)NC(C)(C)C(=O)OC[C@@H](OC#N)[C@@H](O)[C@@H](O)c1ccc2c(N)ncnn12. The number of anilines is 1. The van der Waals surface area contributed by atoms with Gasteiger partial charge in [0, 0.05) is 0 Å². The molecule has 0 unspecified atom stereocenters. The fraction of sp³-hybridized carbons (Fsp3) is 0.550. The van der Waals surface area contributed by atoms with Gasteiger partial charge in [-0.05, 0) is 46.8 Å². The van der Waals surface area contributed by atoms with E-state index in [1.165, 1.54) is 37.0 Å². The number of aromatic nitrogens is 3. The summed E-state index contributed by atoms with van der Waals surface area (Å²) < 4.78 is 16.3. The minimum atomic E-state index is -1.69. The molecule has 180 valence electrons. The predicted octanol–water partition coefficient (Wildman–Crippen LogP) is 0.419. The van der Waals surface area contributed by atoms with Gasteiger partial charge in [-0.3, -0.25) is 0 Å². The molecule has 2 aromatic rings. The van der Waals surface area contributed by atoms with Crippen molar-refractivity contribution in [3.63, 3.8) is 0 Å². The average molecular weight is 464 g/mol. The molecule has 0 saturated carbocycles. The lowest BCUT2D eigenvalue weighted by Crippen LogP contribution is -2.52. The Morgan fingerprint density at radius 2 is 1.94 bits per heavy atom. The maximum Gasteiger partial charge on any atom is 0.408 e. The third kappa shape index (κ3) is 6.43. The number of hydrogen-bond acceptors (Lipinski definition) is 11. The Bertz CT molecular complexity index is 1040. The first-order chi connectivity index (χ1) is 15.3. The molecule has 5 N–H and O–H groups in total. The number of aliphatic hydroxyl groups is 2. The van der Waals surface area contributed by atoms with E-state index in [0.29, 0.717) is 5.52 Å². The quantitative estimate of drug-likeness (QED) is 0.312. The van der Waals surface area contributed by atoms with Gasteiger partial charge in [0.05, 0.1) is 5.69 Å². The first-order valence-corrected chi connectivity index (χ1v) is 9.94. The third-order valence-electron chi connectivity index (χ3n) is 4.43. The van der Waals surface area contributed by atoms with Crippen LogP contribution < -0.4 is 11.1 Å². The topological polar surface area (TPSA) is 194 Å². The van der Waals surface area contributed by atoms with E-state index in [1.54, 1.807) is 26.8 Å². The van der Waals surface area contributed by atoms with Gasteiger partial charge in [0.2, 0.25) is 0 Å². The second-order valence-electron chi connectivity index (χ2n) is 8.73. The third-order valence-corrected chi connectivity index (χ3v) is 4.43. The number of nitrogens with zero attached hydrogens (tertiary/aromatic N) is 4. The van der Waals surface area contributed by atoms with Crippen molar-refractivity contribution >= 4 is 23.4 Å². The van der Waals surface area contributed by atoms with Crippen molar-refractivity contribution in [1.82, 2.24) is 19.9 Å². The highest BCUT2D eigenvalue weighted by Crippen LogP contribution is 2.24. The first-order valence-electron chi connectivity index (χ1n) is 9.94. The second kappa shape index (κ2) is 9.88. The molecule has 0 radical (unpaired) electrons. The Hall–Kier alpha value is -3.63. The van der Waals surface area contributed by atoms with Gasteiger partial charge in [-0.2, -0.15) is 10.4 Å². The number of carbonyl (C=O) groups is 2. The van der Waals surface area contributed by atoms with Crippen LogP contribution in [-0.4, -0.2) is 66.8 Å². The number of esters is 1. The van der Waals surface area contributed by atoms with E-state index in [0.717, 1.165) is 0 Å². The molecule has 0 aliphatic rings. The van der Waals surface area contributed by atoms with Crippen molar-refractivity contribution in [1.29, 1.82) is 5.26 Å². The van der Waals surface area contributed by atoms with Crippen molar-refractivity contribution in [2.24, 2.45) is 0 Å². The number of hydrogen-bond donors (Lipinski definition) is 4. The van der Waals surface area contributed by atoms with E-state index in [-0.39, 0.29) is 11.5 Å². The molecule has 2 heterocycles. The number of nitriles is 1. The van der Waals surface area contributed by atoms with Gasteiger partial charge in [0.25, 0.3) is 6.26 Å². The van der Waals surface area contributed by atoms with Crippen LogP contribution in [0.5, 0.6) is 0 Å². The standard InChI is InChI=1S/C20H28N6O7/c1-19(2,3)33-18(30)25-20(4,5)17(29)31-8-13(32-9-21)15(28)14(27)11-6-7-12-16(22)23-10-24-26(11)12/h6-7,10,13-15,27-28H,8H2,1-5H3,(H,25,30)(H2,22,23,24)/t13-,14+,15-/m1/s1. The van der Waals surface area contributed by atoms with Crippen molar-refractivity contribution in [3.8, 4) is 6.26 Å². The normalized spacial score (nSPS) is 14.6. The van der Waals surface area contributed by atoms with E-state index in [9.17, 15) is 19.8 Å². The summed E-state index contributed by atoms with van der Waals surface area (Å²) >= 11 is 0. The maximum absolute atomic E-state index is 12.5. The largest absolute Gasteiger partial charge is 0.460 e. The smallest absolute Gasteiger partial charge is 0.408 e.